The Kier molecular flexibility index (Phi) is 6.92. The number of rotatable bonds is 7. The van der Waals surface area contributed by atoms with Crippen molar-refractivity contribution in [2.75, 3.05) is 5.73 Å². The van der Waals surface area contributed by atoms with Crippen molar-refractivity contribution in [3.05, 3.63) is 83.2 Å². The van der Waals surface area contributed by atoms with E-state index in [0.29, 0.717) is 39.3 Å². The van der Waals surface area contributed by atoms with E-state index in [0.717, 1.165) is 5.52 Å². The normalized spacial score (nSPS) is 11.9. The first-order valence-electron chi connectivity index (χ1n) is 12.4. The van der Waals surface area contributed by atoms with Crippen molar-refractivity contribution in [2.45, 2.75) is 39.4 Å². The molecule has 3 heterocycles. The summed E-state index contributed by atoms with van der Waals surface area (Å²) < 4.78 is 49.1. The van der Waals surface area contributed by atoms with Crippen LogP contribution in [0.25, 0.3) is 33.4 Å². The second-order valence-corrected chi connectivity index (χ2v) is 9.95. The number of anilines is 1. The van der Waals surface area contributed by atoms with E-state index in [1.807, 2.05) is 29.8 Å². The molecule has 3 N–H and O–H groups in total. The number of nitrogens with zero attached hydrogens (tertiary/aromatic N) is 5. The van der Waals surface area contributed by atoms with Gasteiger partial charge in [0, 0.05) is 23.9 Å². The monoisotopic (exact) mass is 548 g/mol. The number of pyridine rings is 1. The van der Waals surface area contributed by atoms with E-state index >= 15 is 0 Å². The Balaban J connectivity index is 1.65. The van der Waals surface area contributed by atoms with Crippen LogP contribution in [0.1, 0.15) is 43.0 Å². The molecular weight excluding hydrogens is 521 g/mol. The highest BCUT2D eigenvalue weighted by molar-refractivity contribution is 5.85. The Morgan fingerprint density at radius 1 is 1.00 bits per heavy atom. The minimum Gasteiger partial charge on any atom is -0.469 e. The van der Waals surface area contributed by atoms with Crippen molar-refractivity contribution in [3.8, 4) is 28.3 Å². The summed E-state index contributed by atoms with van der Waals surface area (Å²) in [6.45, 7) is 4.91. The molecule has 0 saturated carbocycles. The van der Waals surface area contributed by atoms with E-state index < -0.39 is 23.5 Å². The molecule has 3 aromatic heterocycles. The zero-order chi connectivity index (χ0) is 28.8. The average Bonchev–Trinajstić information content (AvgIpc) is 3.21. The SMILES string of the molecule is Cc1cc(-c2c(OCc3nc4c(C(C)(C)O)cccc4n3C)nc(N)nc2-c2ccc(F)cc2)cc(C(F)F)n1. The van der Waals surface area contributed by atoms with Crippen LogP contribution in [0.2, 0.25) is 0 Å². The second-order valence-electron chi connectivity index (χ2n) is 9.95. The number of nitrogen functional groups attached to an aromatic ring is 1. The van der Waals surface area contributed by atoms with E-state index in [1.54, 1.807) is 26.8 Å². The van der Waals surface area contributed by atoms with E-state index in [-0.39, 0.29) is 24.1 Å². The van der Waals surface area contributed by atoms with Crippen LogP contribution < -0.4 is 10.5 Å². The third-order valence-corrected chi connectivity index (χ3v) is 6.50. The number of imidazole rings is 1. The molecule has 0 saturated heterocycles. The van der Waals surface area contributed by atoms with Gasteiger partial charge in [-0.1, -0.05) is 12.1 Å². The topological polar surface area (TPSA) is 112 Å². The lowest BCUT2D eigenvalue weighted by Gasteiger charge is -2.17. The third-order valence-electron chi connectivity index (χ3n) is 6.50. The number of aromatic nitrogens is 5. The quantitative estimate of drug-likeness (QED) is 0.262. The van der Waals surface area contributed by atoms with Crippen LogP contribution in [0, 0.1) is 12.7 Å². The predicted molar refractivity (Wildman–Crippen MR) is 145 cm³/mol. The molecule has 0 spiro atoms. The average molecular weight is 549 g/mol. The van der Waals surface area contributed by atoms with E-state index in [1.165, 1.54) is 30.3 Å². The molecule has 0 aliphatic rings. The zero-order valence-electron chi connectivity index (χ0n) is 22.3. The molecule has 0 radical (unpaired) electrons. The van der Waals surface area contributed by atoms with Gasteiger partial charge in [-0.05, 0) is 68.8 Å². The van der Waals surface area contributed by atoms with Crippen molar-refractivity contribution in [3.63, 3.8) is 0 Å². The maximum atomic E-state index is 13.7. The van der Waals surface area contributed by atoms with Crippen molar-refractivity contribution in [1.29, 1.82) is 0 Å². The van der Waals surface area contributed by atoms with E-state index in [9.17, 15) is 18.3 Å². The maximum absolute atomic E-state index is 13.7. The number of fused-ring (bicyclic) bond motifs is 1. The van der Waals surface area contributed by atoms with Gasteiger partial charge in [0.2, 0.25) is 11.8 Å². The van der Waals surface area contributed by atoms with Gasteiger partial charge in [0.05, 0.1) is 27.9 Å². The van der Waals surface area contributed by atoms with Gasteiger partial charge in [-0.2, -0.15) is 4.98 Å². The number of aryl methyl sites for hydroxylation is 2. The van der Waals surface area contributed by atoms with Gasteiger partial charge in [0.1, 0.15) is 23.9 Å². The zero-order valence-corrected chi connectivity index (χ0v) is 22.3. The molecule has 0 aliphatic carbocycles. The molecule has 0 bridgehead atoms. The van der Waals surface area contributed by atoms with Crippen LogP contribution in [0.5, 0.6) is 5.88 Å². The number of nitrogens with two attached hydrogens (primary N) is 1. The first-order chi connectivity index (χ1) is 18.9. The summed E-state index contributed by atoms with van der Waals surface area (Å²) >= 11 is 0. The number of aliphatic hydroxyl groups is 1. The Morgan fingerprint density at radius 2 is 1.73 bits per heavy atom. The van der Waals surface area contributed by atoms with Crippen LogP contribution in [-0.2, 0) is 19.3 Å². The summed E-state index contributed by atoms with van der Waals surface area (Å²) in [5, 5.41) is 10.6. The highest BCUT2D eigenvalue weighted by atomic mass is 19.3. The van der Waals surface area contributed by atoms with E-state index in [2.05, 4.69) is 15.0 Å². The number of benzene rings is 2. The minimum atomic E-state index is -2.81. The fourth-order valence-corrected chi connectivity index (χ4v) is 4.61. The molecule has 11 heteroatoms. The summed E-state index contributed by atoms with van der Waals surface area (Å²) in [6, 6.07) is 13.9. The smallest absolute Gasteiger partial charge is 0.280 e. The lowest BCUT2D eigenvalue weighted by atomic mass is 9.97. The van der Waals surface area contributed by atoms with Crippen LogP contribution in [0.4, 0.5) is 19.1 Å². The summed E-state index contributed by atoms with van der Waals surface area (Å²) in [4.78, 5) is 17.3. The number of halogens is 3. The molecule has 40 heavy (non-hydrogen) atoms. The molecule has 2 aromatic carbocycles. The number of hydrogen-bond acceptors (Lipinski definition) is 7. The largest absolute Gasteiger partial charge is 0.469 e. The van der Waals surface area contributed by atoms with Gasteiger partial charge >= 0.3 is 0 Å². The Labute approximate surface area is 228 Å². The second kappa shape index (κ2) is 10.2. The molecular formula is C29H27F3N6O2. The van der Waals surface area contributed by atoms with Gasteiger partial charge < -0.3 is 20.1 Å². The fraction of sp³-hybridized carbons (Fsp3) is 0.241. The molecule has 0 aliphatic heterocycles. The number of alkyl halides is 2. The first-order valence-corrected chi connectivity index (χ1v) is 12.4. The van der Waals surface area contributed by atoms with Gasteiger partial charge in [-0.25, -0.2) is 23.1 Å². The molecule has 8 nitrogen and oxygen atoms in total. The standard InChI is InChI=1S/C29H27F3N6O2/c1-15-12-17(13-20(34-15)26(31)32)23-24(16-8-10-18(30)11-9-16)36-28(33)37-27(23)40-14-22-35-25-19(29(2,3)39)6-5-7-21(25)38(22)4/h5-13,26,39H,14H2,1-4H3,(H2,33,36,37). The lowest BCUT2D eigenvalue weighted by molar-refractivity contribution is 0.0800. The van der Waals surface area contributed by atoms with Gasteiger partial charge in [0.15, 0.2) is 0 Å². The van der Waals surface area contributed by atoms with Crippen LogP contribution in [-0.4, -0.2) is 29.6 Å². The lowest BCUT2D eigenvalue weighted by Crippen LogP contribution is -2.15. The summed E-state index contributed by atoms with van der Waals surface area (Å²) in [6.07, 6.45) is -2.81. The summed E-state index contributed by atoms with van der Waals surface area (Å²) in [7, 11) is 1.82. The Morgan fingerprint density at radius 3 is 2.40 bits per heavy atom. The molecule has 0 atom stereocenters. The third kappa shape index (κ3) is 5.20. The summed E-state index contributed by atoms with van der Waals surface area (Å²) in [5.74, 6) is -0.00664. The van der Waals surface area contributed by atoms with Crippen molar-refractivity contribution >= 4 is 17.0 Å². The van der Waals surface area contributed by atoms with Crippen molar-refractivity contribution < 1.29 is 23.0 Å². The Hall–Kier alpha value is -4.51. The molecule has 0 amide bonds. The highest BCUT2D eigenvalue weighted by Gasteiger charge is 2.24. The molecule has 206 valence electrons. The highest BCUT2D eigenvalue weighted by Crippen LogP contribution is 2.39. The first kappa shape index (κ1) is 27.1. The molecule has 0 fully saturated rings. The number of ether oxygens (including phenoxy) is 1. The van der Waals surface area contributed by atoms with Crippen molar-refractivity contribution in [1.82, 2.24) is 24.5 Å². The maximum Gasteiger partial charge on any atom is 0.280 e. The van der Waals surface area contributed by atoms with Crippen LogP contribution in [0.15, 0.2) is 54.6 Å². The van der Waals surface area contributed by atoms with Gasteiger partial charge in [-0.3, -0.25) is 4.98 Å². The minimum absolute atomic E-state index is 0.0346. The van der Waals surface area contributed by atoms with Crippen LogP contribution >= 0.6 is 0 Å². The molecule has 5 aromatic rings. The Bertz CT molecular complexity index is 1710. The summed E-state index contributed by atoms with van der Waals surface area (Å²) in [5.41, 5.74) is 8.34. The predicted octanol–water partition coefficient (Wildman–Crippen LogP) is 5.87. The molecule has 0 unspecified atom stereocenters. The fourth-order valence-electron chi connectivity index (χ4n) is 4.61. The van der Waals surface area contributed by atoms with Gasteiger partial charge in [-0.15, -0.1) is 0 Å². The van der Waals surface area contributed by atoms with E-state index in [4.69, 9.17) is 15.5 Å². The number of hydrogen-bond donors (Lipinski definition) is 2. The number of para-hydroxylation sites is 1. The molecule has 5 rings (SSSR count). The van der Waals surface area contributed by atoms with Crippen molar-refractivity contribution in [2.24, 2.45) is 7.05 Å². The van der Waals surface area contributed by atoms with Crippen LogP contribution in [0.3, 0.4) is 0 Å². The van der Waals surface area contributed by atoms with Gasteiger partial charge in [0.25, 0.3) is 6.43 Å².